The van der Waals surface area contributed by atoms with E-state index in [9.17, 15) is 4.79 Å². The van der Waals surface area contributed by atoms with E-state index < -0.39 is 5.60 Å². The standard InChI is InChI=1S/C34H27ClN2O3/c1-3-37(4-2)25-15-17-29-31(20-25)39-30-18-9-21-19-24(36-23-12-10-22(35)11-13-23)14-16-26(21)32(30)34(29)28-8-6-5-7-27(28)33(38)40-34/h5-20,36H,3-4H2,1-2H3. The molecule has 1 spiro atoms. The van der Waals surface area contributed by atoms with Crippen molar-refractivity contribution < 1.29 is 14.3 Å². The van der Waals surface area contributed by atoms with E-state index in [0.29, 0.717) is 22.1 Å². The topological polar surface area (TPSA) is 50.8 Å². The van der Waals surface area contributed by atoms with Crippen molar-refractivity contribution in [2.24, 2.45) is 0 Å². The Labute approximate surface area is 237 Å². The maximum absolute atomic E-state index is 13.4. The summed E-state index contributed by atoms with van der Waals surface area (Å²) in [7, 11) is 0. The molecule has 0 bridgehead atoms. The molecule has 0 aliphatic carbocycles. The summed E-state index contributed by atoms with van der Waals surface area (Å²) in [6.45, 7) is 6.04. The lowest BCUT2D eigenvalue weighted by Crippen LogP contribution is -2.33. The number of rotatable bonds is 5. The van der Waals surface area contributed by atoms with Crippen molar-refractivity contribution in [2.45, 2.75) is 19.4 Å². The monoisotopic (exact) mass is 546 g/mol. The van der Waals surface area contributed by atoms with Gasteiger partial charge in [-0.25, -0.2) is 4.79 Å². The molecule has 2 aliphatic heterocycles. The van der Waals surface area contributed by atoms with Gasteiger partial charge < -0.3 is 19.7 Å². The number of esters is 1. The summed E-state index contributed by atoms with van der Waals surface area (Å²) in [4.78, 5) is 15.6. The number of anilines is 3. The van der Waals surface area contributed by atoms with Crippen molar-refractivity contribution in [1.82, 2.24) is 0 Å². The van der Waals surface area contributed by atoms with Gasteiger partial charge in [-0.05, 0) is 85.3 Å². The number of carbonyl (C=O) groups excluding carboxylic acids is 1. The first kappa shape index (κ1) is 24.6. The number of nitrogens with one attached hydrogen (secondary N) is 1. The van der Waals surface area contributed by atoms with Crippen LogP contribution in [0.3, 0.4) is 0 Å². The first-order valence-electron chi connectivity index (χ1n) is 13.5. The van der Waals surface area contributed by atoms with Crippen LogP contribution in [0, 0.1) is 0 Å². The molecule has 0 aromatic heterocycles. The quantitative estimate of drug-likeness (QED) is 0.223. The van der Waals surface area contributed by atoms with E-state index in [1.165, 1.54) is 0 Å². The van der Waals surface area contributed by atoms with Crippen LogP contribution in [-0.2, 0) is 10.3 Å². The fourth-order valence-electron chi connectivity index (χ4n) is 6.06. The lowest BCUT2D eigenvalue weighted by atomic mass is 9.76. The Kier molecular flexibility index (Phi) is 5.72. The molecule has 7 rings (SSSR count). The molecule has 0 saturated heterocycles. The summed E-state index contributed by atoms with van der Waals surface area (Å²) in [6, 6.07) is 31.7. The predicted octanol–water partition coefficient (Wildman–Crippen LogP) is 8.65. The van der Waals surface area contributed by atoms with Crippen LogP contribution in [0.5, 0.6) is 11.5 Å². The molecule has 0 amide bonds. The zero-order chi connectivity index (χ0) is 27.4. The van der Waals surface area contributed by atoms with E-state index >= 15 is 0 Å². The van der Waals surface area contributed by atoms with Crippen LogP contribution in [-0.4, -0.2) is 19.1 Å². The van der Waals surface area contributed by atoms with Gasteiger partial charge in [0, 0.05) is 52.4 Å². The Morgan fingerprint density at radius 3 is 2.38 bits per heavy atom. The average molecular weight is 547 g/mol. The molecule has 0 saturated carbocycles. The maximum atomic E-state index is 13.4. The molecular formula is C34H27ClN2O3. The number of ether oxygens (including phenoxy) is 2. The van der Waals surface area contributed by atoms with Gasteiger partial charge in [0.25, 0.3) is 0 Å². The zero-order valence-corrected chi connectivity index (χ0v) is 23.0. The van der Waals surface area contributed by atoms with Crippen molar-refractivity contribution in [2.75, 3.05) is 23.3 Å². The molecule has 5 nitrogen and oxygen atoms in total. The van der Waals surface area contributed by atoms with Crippen LogP contribution < -0.4 is 15.0 Å². The Balaban J connectivity index is 1.44. The van der Waals surface area contributed by atoms with Crippen molar-refractivity contribution in [3.63, 3.8) is 0 Å². The number of fused-ring (bicyclic) bond motifs is 8. The molecule has 5 aromatic rings. The van der Waals surface area contributed by atoms with Crippen LogP contribution in [0.2, 0.25) is 5.02 Å². The molecule has 2 heterocycles. The highest BCUT2D eigenvalue weighted by atomic mass is 35.5. The largest absolute Gasteiger partial charge is 0.456 e. The molecule has 5 aromatic carbocycles. The molecule has 6 heteroatoms. The van der Waals surface area contributed by atoms with Gasteiger partial charge in [-0.15, -0.1) is 0 Å². The van der Waals surface area contributed by atoms with Gasteiger partial charge in [0.15, 0.2) is 5.60 Å². The summed E-state index contributed by atoms with van der Waals surface area (Å²) < 4.78 is 13.0. The third-order valence-corrected chi connectivity index (χ3v) is 8.18. The highest BCUT2D eigenvalue weighted by Crippen LogP contribution is 2.58. The second-order valence-corrected chi connectivity index (χ2v) is 10.5. The molecule has 1 N–H and O–H groups in total. The van der Waals surface area contributed by atoms with Crippen molar-refractivity contribution in [3.05, 3.63) is 124 Å². The minimum absolute atomic E-state index is 0.333. The Morgan fingerprint density at radius 2 is 1.57 bits per heavy atom. The van der Waals surface area contributed by atoms with E-state index in [4.69, 9.17) is 21.1 Å². The second-order valence-electron chi connectivity index (χ2n) is 10.1. The van der Waals surface area contributed by atoms with Crippen molar-refractivity contribution in [1.29, 1.82) is 0 Å². The minimum Gasteiger partial charge on any atom is -0.456 e. The number of nitrogens with zero attached hydrogens (tertiary/aromatic N) is 1. The molecule has 40 heavy (non-hydrogen) atoms. The van der Waals surface area contributed by atoms with Crippen LogP contribution in [0.1, 0.15) is 40.9 Å². The lowest BCUT2D eigenvalue weighted by Gasteiger charge is -2.38. The van der Waals surface area contributed by atoms with E-state index in [0.717, 1.165) is 57.6 Å². The molecule has 198 valence electrons. The van der Waals surface area contributed by atoms with Gasteiger partial charge in [-0.3, -0.25) is 0 Å². The zero-order valence-electron chi connectivity index (χ0n) is 22.2. The van der Waals surface area contributed by atoms with Crippen molar-refractivity contribution in [3.8, 4) is 11.5 Å². The van der Waals surface area contributed by atoms with Gasteiger partial charge in [0.1, 0.15) is 11.5 Å². The van der Waals surface area contributed by atoms with Gasteiger partial charge in [-0.1, -0.05) is 41.9 Å². The molecular weight excluding hydrogens is 520 g/mol. The Bertz CT molecular complexity index is 1800. The highest BCUT2D eigenvalue weighted by Gasteiger charge is 2.54. The van der Waals surface area contributed by atoms with Crippen LogP contribution >= 0.6 is 11.6 Å². The summed E-state index contributed by atoms with van der Waals surface area (Å²) in [5.74, 6) is 1.04. The number of hydrogen-bond acceptors (Lipinski definition) is 5. The minimum atomic E-state index is -1.12. The molecule has 1 atom stereocenters. The smallest absolute Gasteiger partial charge is 0.340 e. The Hall–Kier alpha value is -4.48. The van der Waals surface area contributed by atoms with Crippen LogP contribution in [0.15, 0.2) is 97.1 Å². The third-order valence-electron chi connectivity index (χ3n) is 7.93. The normalized spacial score (nSPS) is 16.6. The second kappa shape index (κ2) is 9.32. The molecule has 0 fully saturated rings. The molecule has 2 aliphatic rings. The summed E-state index contributed by atoms with van der Waals surface area (Å²) in [5.41, 5.74) is 4.90. The average Bonchev–Trinajstić information content (AvgIpc) is 3.27. The van der Waals surface area contributed by atoms with E-state index in [1.807, 2.05) is 60.7 Å². The van der Waals surface area contributed by atoms with Gasteiger partial charge in [0.2, 0.25) is 0 Å². The lowest BCUT2D eigenvalue weighted by molar-refractivity contribution is 0.0229. The number of hydrogen-bond donors (Lipinski definition) is 1. The summed E-state index contributed by atoms with van der Waals surface area (Å²) >= 11 is 6.06. The number of halogens is 1. The van der Waals surface area contributed by atoms with Gasteiger partial charge in [-0.2, -0.15) is 0 Å². The maximum Gasteiger partial charge on any atom is 0.340 e. The first-order chi connectivity index (χ1) is 19.5. The van der Waals surface area contributed by atoms with Crippen LogP contribution in [0.4, 0.5) is 17.1 Å². The van der Waals surface area contributed by atoms with Gasteiger partial charge >= 0.3 is 5.97 Å². The van der Waals surface area contributed by atoms with E-state index in [1.54, 1.807) is 0 Å². The fourth-order valence-corrected chi connectivity index (χ4v) is 6.19. The predicted molar refractivity (Wildman–Crippen MR) is 160 cm³/mol. The molecule has 1 unspecified atom stereocenters. The van der Waals surface area contributed by atoms with Crippen LogP contribution in [0.25, 0.3) is 10.8 Å². The fraction of sp³-hybridized carbons (Fsp3) is 0.147. The van der Waals surface area contributed by atoms with Crippen molar-refractivity contribution >= 4 is 45.4 Å². The third kappa shape index (κ3) is 3.65. The molecule has 0 radical (unpaired) electrons. The summed E-state index contributed by atoms with van der Waals surface area (Å²) in [6.07, 6.45) is 0. The number of carbonyl (C=O) groups is 1. The first-order valence-corrected chi connectivity index (χ1v) is 13.9. The SMILES string of the molecule is CCN(CC)c1ccc2c(c1)Oc1ccc3cc(Nc4ccc(Cl)cc4)ccc3c1C21OC(=O)c2ccccc21. The highest BCUT2D eigenvalue weighted by molar-refractivity contribution is 6.30. The van der Waals surface area contributed by atoms with E-state index in [2.05, 4.69) is 60.5 Å². The van der Waals surface area contributed by atoms with E-state index in [-0.39, 0.29) is 5.97 Å². The van der Waals surface area contributed by atoms with Gasteiger partial charge in [0.05, 0.1) is 11.1 Å². The number of benzene rings is 5. The Morgan fingerprint density at radius 1 is 0.800 bits per heavy atom. The summed E-state index contributed by atoms with van der Waals surface area (Å²) in [5, 5.41) is 6.11.